The highest BCUT2D eigenvalue weighted by Gasteiger charge is 2.40. The minimum Gasteiger partial charge on any atom is -0.393 e. The van der Waals surface area contributed by atoms with Gasteiger partial charge in [0.05, 0.1) is 4.92 Å². The van der Waals surface area contributed by atoms with Gasteiger partial charge in [0.1, 0.15) is 5.69 Å². The second-order valence-electron chi connectivity index (χ2n) is 5.70. The van der Waals surface area contributed by atoms with Crippen LogP contribution in [0.25, 0.3) is 0 Å². The molecule has 0 aromatic heterocycles. The van der Waals surface area contributed by atoms with E-state index >= 15 is 0 Å². The number of benzene rings is 1. The highest BCUT2D eigenvalue weighted by atomic mass is 32.2. The summed E-state index contributed by atoms with van der Waals surface area (Å²) in [7, 11) is -3.90. The van der Waals surface area contributed by atoms with Crippen LogP contribution in [0.2, 0.25) is 0 Å². The smallest absolute Gasteiger partial charge is 0.312 e. The summed E-state index contributed by atoms with van der Waals surface area (Å²) in [6, 6.07) is 3.97. The quantitative estimate of drug-likeness (QED) is 0.518. The number of nitrogen functional groups attached to an aromatic ring is 1. The number of para-hydroxylation sites is 1. The molecule has 0 spiro atoms. The van der Waals surface area contributed by atoms with Crippen molar-refractivity contribution in [3.05, 3.63) is 28.3 Å². The standard InChI is InChI=1S/C12H17N3O4S/c1-12(2)6-7-14(8-12)20(18,19)10-5-3-4-9(13)11(10)15(16)17/h3-5H,6-8,13H2,1-2H3. The summed E-state index contributed by atoms with van der Waals surface area (Å²) in [6.07, 6.45) is 0.725. The van der Waals surface area contributed by atoms with Gasteiger partial charge in [-0.15, -0.1) is 0 Å². The van der Waals surface area contributed by atoms with Gasteiger partial charge in [-0.2, -0.15) is 4.31 Å². The molecule has 0 radical (unpaired) electrons. The SMILES string of the molecule is CC1(C)CCN(S(=O)(=O)c2cccc(N)c2[N+](=O)[O-])C1. The molecule has 110 valence electrons. The van der Waals surface area contributed by atoms with Gasteiger partial charge < -0.3 is 5.73 Å². The maximum atomic E-state index is 12.6. The van der Waals surface area contributed by atoms with Crippen molar-refractivity contribution in [1.82, 2.24) is 4.31 Å². The van der Waals surface area contributed by atoms with E-state index in [2.05, 4.69) is 0 Å². The van der Waals surface area contributed by atoms with E-state index in [-0.39, 0.29) is 16.0 Å². The first-order valence-electron chi connectivity index (χ1n) is 6.18. The number of nitrogens with two attached hydrogens (primary N) is 1. The first-order valence-corrected chi connectivity index (χ1v) is 7.62. The van der Waals surface area contributed by atoms with Gasteiger partial charge in [-0.05, 0) is 24.0 Å². The Morgan fingerprint density at radius 1 is 1.40 bits per heavy atom. The van der Waals surface area contributed by atoms with E-state index in [4.69, 9.17) is 5.73 Å². The topological polar surface area (TPSA) is 107 Å². The lowest BCUT2D eigenvalue weighted by Crippen LogP contribution is -2.31. The second kappa shape index (κ2) is 4.71. The summed E-state index contributed by atoms with van der Waals surface area (Å²) in [5, 5.41) is 11.1. The molecule has 0 saturated carbocycles. The van der Waals surface area contributed by atoms with Crippen LogP contribution in [0.3, 0.4) is 0 Å². The number of nitro benzene ring substituents is 1. The van der Waals surface area contributed by atoms with E-state index in [1.165, 1.54) is 22.5 Å². The van der Waals surface area contributed by atoms with Crippen molar-refractivity contribution < 1.29 is 13.3 Å². The lowest BCUT2D eigenvalue weighted by Gasteiger charge is -2.19. The summed E-state index contributed by atoms with van der Waals surface area (Å²) >= 11 is 0. The Labute approximate surface area is 117 Å². The van der Waals surface area contributed by atoms with Crippen LogP contribution in [0, 0.1) is 15.5 Å². The van der Waals surface area contributed by atoms with Gasteiger partial charge in [0.15, 0.2) is 4.90 Å². The Bertz CT molecular complexity index is 655. The molecule has 1 heterocycles. The van der Waals surface area contributed by atoms with E-state index in [9.17, 15) is 18.5 Å². The maximum absolute atomic E-state index is 12.6. The predicted octanol–water partition coefficient (Wildman–Crippen LogP) is 1.60. The Hall–Kier alpha value is -1.67. The molecule has 1 aliphatic rings. The van der Waals surface area contributed by atoms with E-state index in [0.717, 1.165) is 6.42 Å². The highest BCUT2D eigenvalue weighted by molar-refractivity contribution is 7.89. The fraction of sp³-hybridized carbons (Fsp3) is 0.500. The summed E-state index contributed by atoms with van der Waals surface area (Å²) in [6.45, 7) is 4.65. The molecule has 20 heavy (non-hydrogen) atoms. The lowest BCUT2D eigenvalue weighted by molar-refractivity contribution is -0.386. The van der Waals surface area contributed by atoms with Gasteiger partial charge in [0.25, 0.3) is 0 Å². The van der Waals surface area contributed by atoms with Gasteiger partial charge in [0.2, 0.25) is 10.0 Å². The summed E-state index contributed by atoms with van der Waals surface area (Å²) in [5.74, 6) is 0. The number of anilines is 1. The van der Waals surface area contributed by atoms with E-state index in [1.54, 1.807) is 0 Å². The van der Waals surface area contributed by atoms with Crippen LogP contribution in [0.4, 0.5) is 11.4 Å². The fourth-order valence-electron chi connectivity index (χ4n) is 2.35. The molecule has 0 bridgehead atoms. The van der Waals surface area contributed by atoms with Crippen molar-refractivity contribution in [2.75, 3.05) is 18.8 Å². The number of nitro groups is 1. The third-order valence-electron chi connectivity index (χ3n) is 3.47. The van der Waals surface area contributed by atoms with Crippen molar-refractivity contribution in [3.8, 4) is 0 Å². The van der Waals surface area contributed by atoms with Crippen LogP contribution in [0.15, 0.2) is 23.1 Å². The molecule has 2 rings (SSSR count). The predicted molar refractivity (Wildman–Crippen MR) is 74.7 cm³/mol. The molecule has 1 fully saturated rings. The Balaban J connectivity index is 2.51. The fourth-order valence-corrected chi connectivity index (χ4v) is 4.17. The average molecular weight is 299 g/mol. The molecule has 7 nitrogen and oxygen atoms in total. The maximum Gasteiger partial charge on any atom is 0.312 e. The van der Waals surface area contributed by atoms with E-state index in [0.29, 0.717) is 13.1 Å². The van der Waals surface area contributed by atoms with Crippen LogP contribution in [0.1, 0.15) is 20.3 Å². The zero-order valence-electron chi connectivity index (χ0n) is 11.4. The second-order valence-corrected chi connectivity index (χ2v) is 7.61. The van der Waals surface area contributed by atoms with Crippen LogP contribution >= 0.6 is 0 Å². The molecule has 1 aromatic rings. The van der Waals surface area contributed by atoms with Gasteiger partial charge in [-0.3, -0.25) is 10.1 Å². The van der Waals surface area contributed by atoms with Crippen LogP contribution in [-0.2, 0) is 10.0 Å². The first-order chi connectivity index (χ1) is 9.15. The molecule has 8 heteroatoms. The van der Waals surface area contributed by atoms with Crippen molar-refractivity contribution in [1.29, 1.82) is 0 Å². The minimum absolute atomic E-state index is 0.123. The zero-order valence-corrected chi connectivity index (χ0v) is 12.2. The Morgan fingerprint density at radius 2 is 2.05 bits per heavy atom. The largest absolute Gasteiger partial charge is 0.393 e. The summed E-state index contributed by atoms with van der Waals surface area (Å²) < 4.78 is 26.4. The van der Waals surface area contributed by atoms with Gasteiger partial charge in [-0.1, -0.05) is 19.9 Å². The lowest BCUT2D eigenvalue weighted by atomic mass is 9.93. The first kappa shape index (κ1) is 14.7. The Morgan fingerprint density at radius 3 is 2.55 bits per heavy atom. The molecule has 1 aromatic carbocycles. The van der Waals surface area contributed by atoms with Crippen LogP contribution < -0.4 is 5.73 Å². The molecular weight excluding hydrogens is 282 g/mol. The normalized spacial score (nSPS) is 19.1. The van der Waals surface area contributed by atoms with E-state index in [1.807, 2.05) is 13.8 Å². The Kier molecular flexibility index (Phi) is 3.47. The molecule has 1 saturated heterocycles. The molecular formula is C12H17N3O4S. The molecule has 1 aliphatic heterocycles. The molecule has 0 unspecified atom stereocenters. The van der Waals surface area contributed by atoms with Crippen molar-refractivity contribution in [2.24, 2.45) is 5.41 Å². The molecule has 0 aliphatic carbocycles. The number of hydrogen-bond donors (Lipinski definition) is 1. The van der Waals surface area contributed by atoms with Crippen LogP contribution in [-0.4, -0.2) is 30.7 Å². The third-order valence-corrected chi connectivity index (χ3v) is 5.35. The number of rotatable bonds is 3. The van der Waals surface area contributed by atoms with Crippen molar-refractivity contribution in [3.63, 3.8) is 0 Å². The van der Waals surface area contributed by atoms with Gasteiger partial charge >= 0.3 is 5.69 Å². The number of hydrogen-bond acceptors (Lipinski definition) is 5. The summed E-state index contributed by atoms with van der Waals surface area (Å²) in [5.41, 5.74) is 4.74. The van der Waals surface area contributed by atoms with Crippen LogP contribution in [0.5, 0.6) is 0 Å². The van der Waals surface area contributed by atoms with Crippen molar-refractivity contribution in [2.45, 2.75) is 25.2 Å². The monoisotopic (exact) mass is 299 g/mol. The molecule has 0 amide bonds. The molecule has 2 N–H and O–H groups in total. The van der Waals surface area contributed by atoms with Gasteiger partial charge in [-0.25, -0.2) is 8.42 Å². The van der Waals surface area contributed by atoms with Crippen molar-refractivity contribution >= 4 is 21.4 Å². The third kappa shape index (κ3) is 2.48. The number of sulfonamides is 1. The number of nitrogens with zero attached hydrogens (tertiary/aromatic N) is 2. The van der Waals surface area contributed by atoms with E-state index < -0.39 is 20.6 Å². The zero-order chi connectivity index (χ0) is 15.1. The minimum atomic E-state index is -3.90. The van der Waals surface area contributed by atoms with Gasteiger partial charge in [0, 0.05) is 13.1 Å². The summed E-state index contributed by atoms with van der Waals surface area (Å²) in [4.78, 5) is 9.99. The molecule has 0 atom stereocenters. The average Bonchev–Trinajstić information content (AvgIpc) is 2.69. The highest BCUT2D eigenvalue weighted by Crippen LogP contribution is 2.36.